The summed E-state index contributed by atoms with van der Waals surface area (Å²) in [4.78, 5) is 58.9. The van der Waals surface area contributed by atoms with E-state index in [1.807, 2.05) is 85.3 Å². The molecule has 4 heterocycles. The maximum atomic E-state index is 14.0. The van der Waals surface area contributed by atoms with Crippen LogP contribution in [-0.4, -0.2) is 60.2 Å². The molecule has 13 heteroatoms. The summed E-state index contributed by atoms with van der Waals surface area (Å²) in [6, 6.07) is 23.6. The molecule has 0 radical (unpaired) electrons. The fraction of sp³-hybridized carbons (Fsp3) is 0.255. The number of hydrogen-bond donors (Lipinski definition) is 3. The fourth-order valence-electron chi connectivity index (χ4n) is 6.87. The number of imidazole rings is 1. The molecule has 3 N–H and O–H groups in total. The minimum Gasteiger partial charge on any atom is -0.423 e. The van der Waals surface area contributed by atoms with Gasteiger partial charge < -0.3 is 24.9 Å². The molecule has 0 atom stereocenters. The topological polar surface area (TPSA) is 157 Å². The summed E-state index contributed by atoms with van der Waals surface area (Å²) < 4.78 is 21.6. The van der Waals surface area contributed by atoms with Crippen LogP contribution in [0.25, 0.3) is 33.5 Å². The molecule has 4 aromatic heterocycles. The molecule has 0 bridgehead atoms. The molecule has 0 saturated carbocycles. The van der Waals surface area contributed by atoms with Gasteiger partial charge >= 0.3 is 5.97 Å². The number of aromatic amines is 1. The summed E-state index contributed by atoms with van der Waals surface area (Å²) in [7, 11) is 0. The van der Waals surface area contributed by atoms with Crippen molar-refractivity contribution in [3.05, 3.63) is 144 Å². The molecule has 306 valence electrons. The molecule has 12 nitrogen and oxygen atoms in total. The van der Waals surface area contributed by atoms with Crippen molar-refractivity contribution in [2.24, 2.45) is 0 Å². The van der Waals surface area contributed by atoms with Gasteiger partial charge in [-0.2, -0.15) is 0 Å². The number of aryl methyl sites for hydroxylation is 1. The van der Waals surface area contributed by atoms with Gasteiger partial charge in [0.05, 0.1) is 12.5 Å². The number of carbonyl (C=O) groups excluding carboxylic acids is 3. The number of hydrogen-bond acceptors (Lipinski definition) is 9. The summed E-state index contributed by atoms with van der Waals surface area (Å²) in [5.41, 5.74) is 5.96. The third-order valence-electron chi connectivity index (χ3n) is 10.1. The van der Waals surface area contributed by atoms with Crippen LogP contribution in [0, 0.1) is 5.82 Å². The van der Waals surface area contributed by atoms with Gasteiger partial charge in [-0.25, -0.2) is 24.1 Å². The lowest BCUT2D eigenvalue weighted by molar-refractivity contribution is -0.129. The number of ketones is 1. The summed E-state index contributed by atoms with van der Waals surface area (Å²) in [5.74, 6) is 0.392. The highest BCUT2D eigenvalue weighted by molar-refractivity contribution is 6.09. The van der Waals surface area contributed by atoms with Gasteiger partial charge in [0.2, 0.25) is 5.91 Å². The summed E-state index contributed by atoms with van der Waals surface area (Å²) in [5, 5.41) is 7.33. The number of rotatable bonds is 19. The quantitative estimate of drug-likeness (QED) is 0.0239. The average molecular weight is 807 g/mol. The predicted octanol–water partition coefficient (Wildman–Crippen LogP) is 8.75. The van der Waals surface area contributed by atoms with Crippen molar-refractivity contribution in [3.63, 3.8) is 0 Å². The molecule has 0 fully saturated rings. The second kappa shape index (κ2) is 19.6. The number of anilines is 1. The number of pyridine rings is 1. The molecular weight excluding hydrogens is 760 g/mol. The zero-order valence-electron chi connectivity index (χ0n) is 33.7. The Bertz CT molecular complexity index is 2620. The average Bonchev–Trinajstić information content (AvgIpc) is 3.88. The highest BCUT2D eigenvalue weighted by atomic mass is 19.1. The molecule has 0 aliphatic rings. The van der Waals surface area contributed by atoms with Crippen molar-refractivity contribution in [2.45, 2.75) is 64.8 Å². The second-order valence-corrected chi connectivity index (χ2v) is 14.8. The third-order valence-corrected chi connectivity index (χ3v) is 10.1. The number of fused-ring (bicyclic) bond motifs is 2. The number of H-pyrrole nitrogens is 1. The maximum absolute atomic E-state index is 14.0. The summed E-state index contributed by atoms with van der Waals surface area (Å²) in [6.45, 7) is 5.19. The van der Waals surface area contributed by atoms with Crippen LogP contribution in [0.5, 0.6) is 5.75 Å². The minimum atomic E-state index is -0.470. The van der Waals surface area contributed by atoms with E-state index in [2.05, 4.69) is 25.6 Å². The van der Waals surface area contributed by atoms with Crippen LogP contribution in [0.1, 0.15) is 79.0 Å². The van der Waals surface area contributed by atoms with Crippen LogP contribution in [0.3, 0.4) is 0 Å². The SMILES string of the molecule is CC(C)n1cnc2c(NCCc3c[nH]c4ccc(OC(=O)/C=C/CCCCCNC(=O)CCc5ccc(C(=O)c6ccccc6)cc5)cc34)nc(-c3cncc(F)c3)nc21. The molecule has 0 aliphatic heterocycles. The highest BCUT2D eigenvalue weighted by Gasteiger charge is 2.17. The fourth-order valence-corrected chi connectivity index (χ4v) is 6.87. The van der Waals surface area contributed by atoms with E-state index in [4.69, 9.17) is 14.7 Å². The first-order chi connectivity index (χ1) is 29.2. The zero-order valence-corrected chi connectivity index (χ0v) is 33.7. The number of aromatic nitrogens is 6. The Hall–Kier alpha value is -7.02. The summed E-state index contributed by atoms with van der Waals surface area (Å²) >= 11 is 0. The van der Waals surface area contributed by atoms with Gasteiger partial charge in [0, 0.05) is 71.6 Å². The molecule has 60 heavy (non-hydrogen) atoms. The van der Waals surface area contributed by atoms with E-state index in [1.165, 1.54) is 18.3 Å². The van der Waals surface area contributed by atoms with Gasteiger partial charge in [-0.3, -0.25) is 14.6 Å². The first-order valence-corrected chi connectivity index (χ1v) is 20.2. The molecular formula is C47H47FN8O4. The number of esters is 1. The molecule has 0 unspecified atom stereocenters. The van der Waals surface area contributed by atoms with Crippen molar-refractivity contribution >= 4 is 45.5 Å². The summed E-state index contributed by atoms with van der Waals surface area (Å²) in [6.07, 6.45) is 14.6. The standard InChI is InChI=1S/C47H47FN8O4/c1-31(2)56-30-53-43-46(54-45(55-47(43)56)36-25-37(48)29-49-27-36)51-24-22-35-28-52-40-20-19-38(26-39(35)40)60-42(58)13-9-4-3-5-10-23-50-41(57)21-16-32-14-17-34(18-15-32)44(59)33-11-7-6-8-12-33/h6-9,11-15,17-20,25-31,52H,3-5,10,16,21-24H2,1-2H3,(H,50,57)(H,51,54,55)/b13-9+. The lowest BCUT2D eigenvalue weighted by Gasteiger charge is -2.11. The van der Waals surface area contributed by atoms with E-state index in [1.54, 1.807) is 24.5 Å². The zero-order chi connectivity index (χ0) is 41.8. The lowest BCUT2D eigenvalue weighted by atomic mass is 10.0. The first-order valence-electron chi connectivity index (χ1n) is 20.2. The molecule has 7 rings (SSSR count). The van der Waals surface area contributed by atoms with E-state index in [-0.39, 0.29) is 17.7 Å². The molecule has 1 amide bonds. The van der Waals surface area contributed by atoms with E-state index < -0.39 is 11.8 Å². The number of unbranched alkanes of at least 4 members (excludes halogenated alkanes) is 3. The largest absolute Gasteiger partial charge is 0.423 e. The number of halogens is 1. The Morgan fingerprint density at radius 2 is 1.72 bits per heavy atom. The van der Waals surface area contributed by atoms with Crippen LogP contribution in [0.2, 0.25) is 0 Å². The van der Waals surface area contributed by atoms with Crippen molar-refractivity contribution in [1.29, 1.82) is 0 Å². The van der Waals surface area contributed by atoms with Gasteiger partial charge in [-0.05, 0) is 81.3 Å². The predicted molar refractivity (Wildman–Crippen MR) is 230 cm³/mol. The van der Waals surface area contributed by atoms with E-state index in [9.17, 15) is 18.8 Å². The minimum absolute atomic E-state index is 0.00206. The first kappa shape index (κ1) is 41.2. The van der Waals surface area contributed by atoms with Crippen LogP contribution < -0.4 is 15.4 Å². The van der Waals surface area contributed by atoms with Crippen LogP contribution >= 0.6 is 0 Å². The molecule has 0 saturated heterocycles. The Labute approximate surface area is 347 Å². The van der Waals surface area contributed by atoms with Crippen molar-refractivity contribution < 1.29 is 23.5 Å². The van der Waals surface area contributed by atoms with Gasteiger partial charge in [-0.1, -0.05) is 67.1 Å². The highest BCUT2D eigenvalue weighted by Crippen LogP contribution is 2.28. The number of amides is 1. The number of nitrogens with one attached hydrogen (secondary N) is 3. The van der Waals surface area contributed by atoms with E-state index >= 15 is 0 Å². The number of carbonyl (C=O) groups is 3. The number of allylic oxidation sites excluding steroid dienone is 1. The number of benzene rings is 3. The van der Waals surface area contributed by atoms with Gasteiger partial charge in [0.1, 0.15) is 17.1 Å². The van der Waals surface area contributed by atoms with Gasteiger partial charge in [0.15, 0.2) is 23.1 Å². The molecule has 7 aromatic rings. The van der Waals surface area contributed by atoms with Gasteiger partial charge in [-0.15, -0.1) is 0 Å². The van der Waals surface area contributed by atoms with E-state index in [0.29, 0.717) is 77.6 Å². The smallest absolute Gasteiger partial charge is 0.335 e. The molecule has 3 aromatic carbocycles. The Kier molecular flexibility index (Phi) is 13.5. The number of ether oxygens (including phenoxy) is 1. The Morgan fingerprint density at radius 1 is 0.900 bits per heavy atom. The Morgan fingerprint density at radius 3 is 2.52 bits per heavy atom. The van der Waals surface area contributed by atoms with Gasteiger partial charge in [0.25, 0.3) is 0 Å². The molecule has 0 spiro atoms. The van der Waals surface area contributed by atoms with Crippen LogP contribution in [-0.2, 0) is 22.4 Å². The normalized spacial score (nSPS) is 11.5. The lowest BCUT2D eigenvalue weighted by Crippen LogP contribution is -2.24. The second-order valence-electron chi connectivity index (χ2n) is 14.8. The van der Waals surface area contributed by atoms with Crippen molar-refractivity contribution in [1.82, 2.24) is 34.8 Å². The van der Waals surface area contributed by atoms with Crippen LogP contribution in [0.15, 0.2) is 116 Å². The molecule has 0 aliphatic carbocycles. The van der Waals surface area contributed by atoms with Crippen molar-refractivity contribution in [2.75, 3.05) is 18.4 Å². The van der Waals surface area contributed by atoms with Crippen molar-refractivity contribution in [3.8, 4) is 17.1 Å². The maximum Gasteiger partial charge on any atom is 0.335 e. The van der Waals surface area contributed by atoms with Crippen LogP contribution in [0.4, 0.5) is 10.2 Å². The monoisotopic (exact) mass is 806 g/mol. The number of nitrogens with zero attached hydrogens (tertiary/aromatic N) is 5. The van der Waals surface area contributed by atoms with E-state index in [0.717, 1.165) is 53.9 Å². The Balaban J connectivity index is 0.823. The third kappa shape index (κ3) is 10.5.